The molecule has 9 aromatic rings. The fourth-order valence-corrected chi connectivity index (χ4v) is 17.7. The Bertz CT molecular complexity index is 2520. The second-order valence-electron chi connectivity index (χ2n) is 13.5. The molecule has 6 nitrogen and oxygen atoms in total. The van der Waals surface area contributed by atoms with Crippen LogP contribution in [0.25, 0.3) is 21.5 Å². The molecule has 0 unspecified atom stereocenters. The topological polar surface area (TPSA) is 78.1 Å². The van der Waals surface area contributed by atoms with Gasteiger partial charge in [-0.3, -0.25) is 27.6 Å². The number of benzene rings is 7. The number of hydrogen-bond acceptors (Lipinski definition) is 4. The SMILES string of the molecule is O=c1c2cc3c(=O)n([Si](c4ccccc4)(c4ccccc4)c4ccccc4)c(=O)c3cc2c(=O)n1[Si](c1ccccc1)(c1ccccc1)c1ccccc1. The zero-order valence-electron chi connectivity index (χ0n) is 29.0. The van der Waals surface area contributed by atoms with E-state index >= 15 is 19.2 Å². The molecule has 7 aromatic carbocycles. The highest BCUT2D eigenvalue weighted by Gasteiger charge is 2.47. The molecule has 8 heteroatoms. The van der Waals surface area contributed by atoms with Gasteiger partial charge in [-0.1, -0.05) is 182 Å². The molecule has 0 saturated heterocycles. The molecule has 9 rings (SSSR count). The van der Waals surface area contributed by atoms with E-state index < -0.39 is 38.7 Å². The van der Waals surface area contributed by atoms with E-state index in [-0.39, 0.29) is 21.5 Å². The average Bonchev–Trinajstić information content (AvgIpc) is 3.64. The Kier molecular flexibility index (Phi) is 7.99. The van der Waals surface area contributed by atoms with E-state index in [9.17, 15) is 0 Å². The molecule has 0 spiro atoms. The molecule has 0 aliphatic carbocycles. The minimum atomic E-state index is -3.59. The first-order valence-corrected chi connectivity index (χ1v) is 21.7. The molecule has 0 aliphatic heterocycles. The quantitative estimate of drug-likeness (QED) is 0.178. The zero-order valence-corrected chi connectivity index (χ0v) is 31.0. The minimum absolute atomic E-state index is 0.118. The van der Waals surface area contributed by atoms with Crippen molar-refractivity contribution in [2.75, 3.05) is 0 Å². The molecule has 0 atom stereocenters. The Hall–Kier alpha value is -6.75. The summed E-state index contributed by atoms with van der Waals surface area (Å²) in [6.45, 7) is 0. The van der Waals surface area contributed by atoms with Crippen molar-refractivity contribution in [2.24, 2.45) is 0 Å². The number of fused-ring (bicyclic) bond motifs is 2. The fourth-order valence-electron chi connectivity index (χ4n) is 8.43. The highest BCUT2D eigenvalue weighted by molar-refractivity contribution is 7.11. The minimum Gasteiger partial charge on any atom is -0.290 e. The molecule has 54 heavy (non-hydrogen) atoms. The van der Waals surface area contributed by atoms with Crippen molar-refractivity contribution in [1.82, 2.24) is 8.47 Å². The molecule has 258 valence electrons. The summed E-state index contributed by atoms with van der Waals surface area (Å²) in [7, 11) is -7.18. The first-order chi connectivity index (χ1) is 26.5. The maximum Gasteiger partial charge on any atom is 0.264 e. The standard InChI is InChI=1S/C46H32N2O4Si2/c49-43-39-31-41-42(46(52)48(45(41)51)54(36-25-13-4-14-26-36,37-27-15-5-16-28-37)38-29-17-6-18-30-38)32-40(39)44(50)47(43)53(33-19-7-1-8-20-33,34-21-9-2-10-22-34)35-23-11-3-12-24-35/h1-32H. The van der Waals surface area contributed by atoms with Gasteiger partial charge in [-0.15, -0.1) is 0 Å². The summed E-state index contributed by atoms with van der Waals surface area (Å²) in [5, 5.41) is 5.60. The maximum atomic E-state index is 15.0. The van der Waals surface area contributed by atoms with Gasteiger partial charge in [0.15, 0.2) is 0 Å². The molecular formula is C46H32N2O4Si2. The third-order valence-corrected chi connectivity index (χ3v) is 19.9. The summed E-state index contributed by atoms with van der Waals surface area (Å²) < 4.78 is 2.88. The second kappa shape index (κ2) is 13.0. The summed E-state index contributed by atoms with van der Waals surface area (Å²) >= 11 is 0. The van der Waals surface area contributed by atoms with E-state index in [1.807, 2.05) is 182 Å². The van der Waals surface area contributed by atoms with Gasteiger partial charge in [0.25, 0.3) is 38.7 Å². The Morgan fingerprint density at radius 3 is 0.593 bits per heavy atom. The van der Waals surface area contributed by atoms with Crippen molar-refractivity contribution < 1.29 is 0 Å². The smallest absolute Gasteiger partial charge is 0.264 e. The largest absolute Gasteiger partial charge is 0.290 e. The number of aromatic nitrogens is 2. The van der Waals surface area contributed by atoms with Crippen LogP contribution in [-0.2, 0) is 0 Å². The lowest BCUT2D eigenvalue weighted by Crippen LogP contribution is -2.76. The summed E-state index contributed by atoms with van der Waals surface area (Å²) in [4.78, 5) is 60.2. The molecule has 2 heterocycles. The maximum absolute atomic E-state index is 15.0. The first kappa shape index (κ1) is 33.1. The normalized spacial score (nSPS) is 12.0. The lowest BCUT2D eigenvalue weighted by molar-refractivity contribution is 1.08. The van der Waals surface area contributed by atoms with Crippen LogP contribution in [0.1, 0.15) is 0 Å². The van der Waals surface area contributed by atoms with Gasteiger partial charge in [-0.25, -0.2) is 0 Å². The van der Waals surface area contributed by atoms with Gasteiger partial charge in [0.05, 0.1) is 21.5 Å². The van der Waals surface area contributed by atoms with E-state index in [4.69, 9.17) is 0 Å². The van der Waals surface area contributed by atoms with Crippen LogP contribution >= 0.6 is 0 Å². The highest BCUT2D eigenvalue weighted by Crippen LogP contribution is 2.19. The van der Waals surface area contributed by atoms with E-state index in [1.165, 1.54) is 20.6 Å². The van der Waals surface area contributed by atoms with Crippen LogP contribution < -0.4 is 53.4 Å². The summed E-state index contributed by atoms with van der Waals surface area (Å²) in [5.41, 5.74) is -1.95. The van der Waals surface area contributed by atoms with Crippen LogP contribution in [0.3, 0.4) is 0 Å². The van der Waals surface area contributed by atoms with Gasteiger partial charge in [-0.2, -0.15) is 0 Å². The molecule has 0 fully saturated rings. The highest BCUT2D eigenvalue weighted by atomic mass is 28.3. The van der Waals surface area contributed by atoms with E-state index in [0.717, 1.165) is 31.1 Å². The molecule has 0 aliphatic rings. The monoisotopic (exact) mass is 732 g/mol. The second-order valence-corrected chi connectivity index (χ2v) is 20.7. The summed E-state index contributed by atoms with van der Waals surface area (Å²) in [5.74, 6) is 0. The fraction of sp³-hybridized carbons (Fsp3) is 0. The average molecular weight is 733 g/mol. The number of nitrogens with zero attached hydrogens (tertiary/aromatic N) is 2. The van der Waals surface area contributed by atoms with E-state index in [0.29, 0.717) is 0 Å². The first-order valence-electron chi connectivity index (χ1n) is 17.8. The van der Waals surface area contributed by atoms with Gasteiger partial charge >= 0.3 is 0 Å². The Morgan fingerprint density at radius 2 is 0.426 bits per heavy atom. The summed E-state index contributed by atoms with van der Waals surface area (Å²) in [6.07, 6.45) is 0. The van der Waals surface area contributed by atoms with Gasteiger partial charge in [-0.05, 0) is 43.3 Å². The molecule has 0 saturated carbocycles. The molecule has 0 bridgehead atoms. The van der Waals surface area contributed by atoms with Crippen molar-refractivity contribution >= 4 is 69.1 Å². The van der Waals surface area contributed by atoms with Gasteiger partial charge in [0.1, 0.15) is 0 Å². The molecule has 0 radical (unpaired) electrons. The third kappa shape index (κ3) is 4.70. The molecule has 0 amide bonds. The van der Waals surface area contributed by atoms with Crippen LogP contribution in [0.4, 0.5) is 0 Å². The number of hydrogen-bond donors (Lipinski definition) is 0. The van der Waals surface area contributed by atoms with Crippen molar-refractivity contribution in [3.05, 3.63) is 236 Å². The van der Waals surface area contributed by atoms with Crippen LogP contribution in [0, 0.1) is 0 Å². The Balaban J connectivity index is 1.40. The van der Waals surface area contributed by atoms with E-state index in [1.54, 1.807) is 0 Å². The van der Waals surface area contributed by atoms with Crippen LogP contribution in [0.5, 0.6) is 0 Å². The van der Waals surface area contributed by atoms with Crippen molar-refractivity contribution in [3.8, 4) is 0 Å². The van der Waals surface area contributed by atoms with Crippen molar-refractivity contribution in [3.63, 3.8) is 0 Å². The zero-order chi connectivity index (χ0) is 36.9. The predicted molar refractivity (Wildman–Crippen MR) is 224 cm³/mol. The van der Waals surface area contributed by atoms with E-state index in [2.05, 4.69) is 0 Å². The van der Waals surface area contributed by atoms with Gasteiger partial charge in [0, 0.05) is 0 Å². The third-order valence-electron chi connectivity index (χ3n) is 10.7. The predicted octanol–water partition coefficient (Wildman–Crippen LogP) is 2.94. The lowest BCUT2D eigenvalue weighted by atomic mass is 10.1. The van der Waals surface area contributed by atoms with Crippen LogP contribution in [0.15, 0.2) is 213 Å². The Labute approximate surface area is 312 Å². The van der Waals surface area contributed by atoms with Crippen molar-refractivity contribution in [2.45, 2.75) is 0 Å². The summed E-state index contributed by atoms with van der Waals surface area (Å²) in [6, 6.07) is 61.2. The molecular weight excluding hydrogens is 701 g/mol. The number of rotatable bonds is 8. The molecule has 0 N–H and O–H groups in total. The molecule has 2 aromatic heterocycles. The van der Waals surface area contributed by atoms with Gasteiger partial charge in [0.2, 0.25) is 0 Å². The Morgan fingerprint density at radius 1 is 0.259 bits per heavy atom. The lowest BCUT2D eigenvalue weighted by Gasteiger charge is -2.33. The van der Waals surface area contributed by atoms with Crippen molar-refractivity contribution in [1.29, 1.82) is 0 Å². The van der Waals surface area contributed by atoms with Gasteiger partial charge < -0.3 is 0 Å². The van der Waals surface area contributed by atoms with Crippen LogP contribution in [0.2, 0.25) is 0 Å². The van der Waals surface area contributed by atoms with Crippen LogP contribution in [-0.4, -0.2) is 24.9 Å².